The normalized spacial score (nSPS) is 13.1. The minimum atomic E-state index is -0.381. The summed E-state index contributed by atoms with van der Waals surface area (Å²) in [4.78, 5) is 3.35. The van der Waals surface area contributed by atoms with Crippen LogP contribution >= 0.6 is 11.8 Å². The Balaban J connectivity index is 2.59. The van der Waals surface area contributed by atoms with Crippen LogP contribution in [0.25, 0.3) is 0 Å². The van der Waals surface area contributed by atoms with E-state index in [1.165, 1.54) is 4.90 Å². The zero-order valence-corrected chi connectivity index (χ0v) is 10.4. The Bertz CT molecular complexity index is 299. The van der Waals surface area contributed by atoms with E-state index in [1.807, 2.05) is 25.1 Å². The minimum Gasteiger partial charge on any atom is -0.389 e. The van der Waals surface area contributed by atoms with Crippen molar-refractivity contribution in [1.29, 1.82) is 0 Å². The van der Waals surface area contributed by atoms with Gasteiger partial charge in [0.1, 0.15) is 0 Å². The van der Waals surface area contributed by atoms with Crippen molar-refractivity contribution in [1.82, 2.24) is 4.90 Å². The lowest BCUT2D eigenvalue weighted by Crippen LogP contribution is -2.14. The lowest BCUT2D eigenvalue weighted by atomic mass is 10.1. The van der Waals surface area contributed by atoms with Crippen molar-refractivity contribution in [3.8, 4) is 0 Å². The smallest absolute Gasteiger partial charge is 0.0772 e. The number of hydrogen-bond acceptors (Lipinski definition) is 3. The topological polar surface area (TPSA) is 23.5 Å². The van der Waals surface area contributed by atoms with Crippen LogP contribution in [0.3, 0.4) is 0 Å². The lowest BCUT2D eigenvalue weighted by Gasteiger charge is -2.13. The molecule has 0 saturated heterocycles. The molecule has 0 radical (unpaired) electrons. The Morgan fingerprint density at radius 3 is 2.60 bits per heavy atom. The summed E-state index contributed by atoms with van der Waals surface area (Å²) in [6.45, 7) is 2.87. The molecule has 0 saturated carbocycles. The summed E-state index contributed by atoms with van der Waals surface area (Å²) >= 11 is 1.80. The number of rotatable bonds is 5. The van der Waals surface area contributed by atoms with Gasteiger partial charge in [-0.1, -0.05) is 18.2 Å². The van der Waals surface area contributed by atoms with E-state index in [4.69, 9.17) is 0 Å². The predicted octanol–water partition coefficient (Wildman–Crippen LogP) is 2.39. The van der Waals surface area contributed by atoms with Gasteiger partial charge >= 0.3 is 0 Å². The summed E-state index contributed by atoms with van der Waals surface area (Å²) in [6.07, 6.45) is -0.381. The molecule has 0 fully saturated rings. The van der Waals surface area contributed by atoms with Crippen LogP contribution in [0.4, 0.5) is 0 Å². The maximum absolute atomic E-state index is 9.59. The van der Waals surface area contributed by atoms with Crippen LogP contribution in [0.1, 0.15) is 18.6 Å². The predicted molar refractivity (Wildman–Crippen MR) is 66.4 cm³/mol. The van der Waals surface area contributed by atoms with Crippen molar-refractivity contribution >= 4 is 11.8 Å². The summed E-state index contributed by atoms with van der Waals surface area (Å²) in [7, 11) is 4.14. The molecular formula is C12H19NOS. The first-order valence-corrected chi connectivity index (χ1v) is 6.14. The van der Waals surface area contributed by atoms with Crippen LogP contribution in [-0.4, -0.2) is 36.4 Å². The number of thioether (sulfide) groups is 1. The van der Waals surface area contributed by atoms with E-state index < -0.39 is 0 Å². The third-order valence-electron chi connectivity index (χ3n) is 2.17. The van der Waals surface area contributed by atoms with Crippen molar-refractivity contribution in [2.75, 3.05) is 26.4 Å². The van der Waals surface area contributed by atoms with Gasteiger partial charge in [-0.05, 0) is 32.6 Å². The van der Waals surface area contributed by atoms with Crippen molar-refractivity contribution < 1.29 is 5.11 Å². The molecule has 1 N–H and O–H groups in total. The van der Waals surface area contributed by atoms with Crippen LogP contribution < -0.4 is 0 Å². The summed E-state index contributed by atoms with van der Waals surface area (Å²) in [5.41, 5.74) is 1.03. The van der Waals surface area contributed by atoms with E-state index in [0.29, 0.717) is 0 Å². The van der Waals surface area contributed by atoms with E-state index >= 15 is 0 Å². The second-order valence-electron chi connectivity index (χ2n) is 3.87. The summed E-state index contributed by atoms with van der Waals surface area (Å²) in [5.74, 6) is 1.05. The quantitative estimate of drug-likeness (QED) is 0.778. The fraction of sp³-hybridized carbons (Fsp3) is 0.500. The third kappa shape index (κ3) is 4.24. The molecule has 1 aromatic rings. The van der Waals surface area contributed by atoms with Crippen LogP contribution in [0.15, 0.2) is 29.2 Å². The molecule has 0 heterocycles. The fourth-order valence-electron chi connectivity index (χ4n) is 1.30. The molecule has 1 rings (SSSR count). The van der Waals surface area contributed by atoms with E-state index in [0.717, 1.165) is 17.9 Å². The van der Waals surface area contributed by atoms with Gasteiger partial charge < -0.3 is 10.0 Å². The van der Waals surface area contributed by atoms with E-state index in [-0.39, 0.29) is 6.10 Å². The highest BCUT2D eigenvalue weighted by molar-refractivity contribution is 7.99. The maximum atomic E-state index is 9.59. The highest BCUT2D eigenvalue weighted by Gasteiger charge is 2.06. The van der Waals surface area contributed by atoms with E-state index in [2.05, 4.69) is 25.1 Å². The van der Waals surface area contributed by atoms with Crippen LogP contribution in [-0.2, 0) is 0 Å². The molecule has 0 spiro atoms. The SMILES string of the molecule is C[C@H](O)c1ccccc1SCCN(C)C. The van der Waals surface area contributed by atoms with Crippen LogP contribution in [0.2, 0.25) is 0 Å². The summed E-state index contributed by atoms with van der Waals surface area (Å²) in [6, 6.07) is 8.05. The molecule has 1 aromatic carbocycles. The first-order valence-electron chi connectivity index (χ1n) is 5.16. The van der Waals surface area contributed by atoms with Crippen molar-refractivity contribution in [3.05, 3.63) is 29.8 Å². The standard InChI is InChI=1S/C12H19NOS/c1-10(14)11-6-4-5-7-12(11)15-9-8-13(2)3/h4-7,10,14H,8-9H2,1-3H3/t10-/m0/s1. The molecule has 1 atom stereocenters. The largest absolute Gasteiger partial charge is 0.389 e. The zero-order valence-electron chi connectivity index (χ0n) is 9.60. The first-order chi connectivity index (χ1) is 7.11. The fourth-order valence-corrected chi connectivity index (χ4v) is 2.55. The lowest BCUT2D eigenvalue weighted by molar-refractivity contribution is 0.196. The molecule has 0 unspecified atom stereocenters. The number of aliphatic hydroxyl groups is 1. The Morgan fingerprint density at radius 1 is 1.33 bits per heavy atom. The summed E-state index contributed by atoms with van der Waals surface area (Å²) < 4.78 is 0. The minimum absolute atomic E-state index is 0.381. The van der Waals surface area contributed by atoms with Crippen molar-refractivity contribution in [3.63, 3.8) is 0 Å². The average Bonchev–Trinajstić information content (AvgIpc) is 2.17. The van der Waals surface area contributed by atoms with Crippen molar-refractivity contribution in [2.45, 2.75) is 17.9 Å². The van der Waals surface area contributed by atoms with Gasteiger partial charge in [0, 0.05) is 17.2 Å². The van der Waals surface area contributed by atoms with Gasteiger partial charge in [-0.25, -0.2) is 0 Å². The first kappa shape index (κ1) is 12.6. The molecular weight excluding hydrogens is 206 g/mol. The Hall–Kier alpha value is -0.510. The Morgan fingerprint density at radius 2 is 2.00 bits per heavy atom. The monoisotopic (exact) mass is 225 g/mol. The Kier molecular flexibility index (Phi) is 5.15. The van der Waals surface area contributed by atoms with E-state index in [9.17, 15) is 5.11 Å². The highest BCUT2D eigenvalue weighted by atomic mass is 32.2. The molecule has 15 heavy (non-hydrogen) atoms. The average molecular weight is 225 g/mol. The molecule has 2 nitrogen and oxygen atoms in total. The van der Waals surface area contributed by atoms with Gasteiger partial charge in [-0.3, -0.25) is 0 Å². The van der Waals surface area contributed by atoms with Gasteiger partial charge in [0.15, 0.2) is 0 Å². The molecule has 84 valence electrons. The van der Waals surface area contributed by atoms with Crippen molar-refractivity contribution in [2.24, 2.45) is 0 Å². The van der Waals surface area contributed by atoms with Gasteiger partial charge in [0.05, 0.1) is 6.10 Å². The zero-order chi connectivity index (χ0) is 11.3. The second-order valence-corrected chi connectivity index (χ2v) is 5.00. The van der Waals surface area contributed by atoms with Gasteiger partial charge in [0.2, 0.25) is 0 Å². The number of hydrogen-bond donors (Lipinski definition) is 1. The van der Waals surface area contributed by atoms with Crippen LogP contribution in [0.5, 0.6) is 0 Å². The molecule has 0 aromatic heterocycles. The van der Waals surface area contributed by atoms with Gasteiger partial charge in [-0.2, -0.15) is 0 Å². The van der Waals surface area contributed by atoms with Gasteiger partial charge in [0.25, 0.3) is 0 Å². The number of benzene rings is 1. The molecule has 0 amide bonds. The van der Waals surface area contributed by atoms with E-state index in [1.54, 1.807) is 11.8 Å². The Labute approximate surface area is 96.3 Å². The molecule has 3 heteroatoms. The summed E-state index contributed by atoms with van der Waals surface area (Å²) in [5, 5.41) is 9.59. The third-order valence-corrected chi connectivity index (χ3v) is 3.23. The van der Waals surface area contributed by atoms with Crippen LogP contribution in [0, 0.1) is 0 Å². The molecule has 0 aliphatic heterocycles. The highest BCUT2D eigenvalue weighted by Crippen LogP contribution is 2.26. The molecule has 0 bridgehead atoms. The number of nitrogens with zero attached hydrogens (tertiary/aromatic N) is 1. The maximum Gasteiger partial charge on any atom is 0.0772 e. The van der Waals surface area contributed by atoms with Gasteiger partial charge in [-0.15, -0.1) is 11.8 Å². The molecule has 0 aliphatic rings. The molecule has 0 aliphatic carbocycles. The number of aliphatic hydroxyl groups excluding tert-OH is 1. The second kappa shape index (κ2) is 6.16.